The van der Waals surface area contributed by atoms with Crippen molar-refractivity contribution < 1.29 is 0 Å². The average Bonchev–Trinajstić information content (AvgIpc) is 1.97. The number of allylic oxidation sites excluding steroid dienone is 1. The van der Waals surface area contributed by atoms with E-state index in [-0.39, 0.29) is 5.41 Å². The monoisotopic (exact) mass is 167 g/mol. The first-order valence-electron chi connectivity index (χ1n) is 4.47. The summed E-state index contributed by atoms with van der Waals surface area (Å²) in [5, 5.41) is 3.24. The highest BCUT2D eigenvalue weighted by atomic mass is 14.9. The minimum absolute atomic E-state index is 0.195. The van der Waals surface area contributed by atoms with E-state index in [2.05, 4.69) is 46.2 Å². The summed E-state index contributed by atoms with van der Waals surface area (Å²) in [6.07, 6.45) is 0.984. The fourth-order valence-electron chi connectivity index (χ4n) is 0.622. The van der Waals surface area contributed by atoms with Crippen molar-refractivity contribution in [2.24, 2.45) is 5.41 Å². The van der Waals surface area contributed by atoms with Gasteiger partial charge in [0, 0.05) is 12.2 Å². The van der Waals surface area contributed by atoms with Crippen LogP contribution in [0.2, 0.25) is 0 Å². The van der Waals surface area contributed by atoms with E-state index in [0.717, 1.165) is 18.7 Å². The molecular weight excluding hydrogens is 146 g/mol. The Kier molecular flexibility index (Phi) is 4.08. The minimum atomic E-state index is 0.195. The molecule has 0 aromatic rings. The quantitative estimate of drug-likeness (QED) is 0.634. The van der Waals surface area contributed by atoms with Gasteiger partial charge >= 0.3 is 0 Å². The molecule has 70 valence electrons. The second-order valence-corrected chi connectivity index (χ2v) is 4.16. The molecule has 0 aliphatic rings. The summed E-state index contributed by atoms with van der Waals surface area (Å²) < 4.78 is 0. The molecule has 0 amide bonds. The van der Waals surface area contributed by atoms with Crippen molar-refractivity contribution in [1.82, 2.24) is 5.32 Å². The topological polar surface area (TPSA) is 12.0 Å². The molecule has 0 spiro atoms. The van der Waals surface area contributed by atoms with Crippen LogP contribution in [0.25, 0.3) is 0 Å². The SMILES string of the molecule is C=C(CC)NCC(=C)C(C)(C)C. The molecule has 0 unspecified atom stereocenters. The number of rotatable bonds is 4. The molecule has 0 rings (SSSR count). The van der Waals surface area contributed by atoms with Crippen LogP contribution in [0, 0.1) is 5.41 Å². The van der Waals surface area contributed by atoms with E-state index < -0.39 is 0 Å². The van der Waals surface area contributed by atoms with Gasteiger partial charge in [-0.25, -0.2) is 0 Å². The Hall–Kier alpha value is -0.720. The fourth-order valence-corrected chi connectivity index (χ4v) is 0.622. The highest BCUT2D eigenvalue weighted by Crippen LogP contribution is 2.22. The van der Waals surface area contributed by atoms with Crippen LogP contribution in [0.4, 0.5) is 0 Å². The van der Waals surface area contributed by atoms with Gasteiger partial charge in [0.25, 0.3) is 0 Å². The molecule has 0 radical (unpaired) electrons. The molecule has 0 aromatic carbocycles. The summed E-state index contributed by atoms with van der Waals surface area (Å²) in [4.78, 5) is 0. The number of nitrogens with one attached hydrogen (secondary N) is 1. The first-order chi connectivity index (χ1) is 5.38. The van der Waals surface area contributed by atoms with E-state index in [4.69, 9.17) is 0 Å². The van der Waals surface area contributed by atoms with Gasteiger partial charge in [0.15, 0.2) is 0 Å². The van der Waals surface area contributed by atoms with Crippen LogP contribution in [0.5, 0.6) is 0 Å². The molecule has 0 fully saturated rings. The smallest absolute Gasteiger partial charge is 0.0359 e. The van der Waals surface area contributed by atoms with E-state index in [1.807, 2.05) is 0 Å². The predicted octanol–water partition coefficient (Wildman–Crippen LogP) is 3.10. The largest absolute Gasteiger partial charge is 0.385 e. The van der Waals surface area contributed by atoms with E-state index >= 15 is 0 Å². The lowest BCUT2D eigenvalue weighted by Gasteiger charge is -2.22. The van der Waals surface area contributed by atoms with Crippen LogP contribution < -0.4 is 5.32 Å². The second kappa shape index (κ2) is 4.34. The van der Waals surface area contributed by atoms with E-state index in [9.17, 15) is 0 Å². The Morgan fingerprint density at radius 3 is 2.08 bits per heavy atom. The molecule has 1 nitrogen and oxygen atoms in total. The van der Waals surface area contributed by atoms with Crippen molar-refractivity contribution in [2.45, 2.75) is 34.1 Å². The summed E-state index contributed by atoms with van der Waals surface area (Å²) in [6.45, 7) is 17.4. The van der Waals surface area contributed by atoms with Crippen molar-refractivity contribution in [3.63, 3.8) is 0 Å². The third-order valence-corrected chi connectivity index (χ3v) is 2.04. The van der Waals surface area contributed by atoms with Gasteiger partial charge in [-0.1, -0.05) is 46.4 Å². The molecule has 0 aliphatic heterocycles. The van der Waals surface area contributed by atoms with Gasteiger partial charge in [-0.05, 0) is 11.8 Å². The fraction of sp³-hybridized carbons (Fsp3) is 0.636. The van der Waals surface area contributed by atoms with Crippen LogP contribution in [0.3, 0.4) is 0 Å². The standard InChI is InChI=1S/C11H21N/c1-7-10(3)12-8-9(2)11(4,5)6/h12H,2-3,7-8H2,1,4-6H3. The molecule has 0 aliphatic carbocycles. The van der Waals surface area contributed by atoms with Gasteiger partial charge in [-0.2, -0.15) is 0 Å². The van der Waals surface area contributed by atoms with Gasteiger partial charge in [0.1, 0.15) is 0 Å². The van der Waals surface area contributed by atoms with E-state index in [1.165, 1.54) is 5.57 Å². The molecule has 0 saturated heterocycles. The van der Waals surface area contributed by atoms with Gasteiger partial charge in [0.05, 0.1) is 0 Å². The summed E-state index contributed by atoms with van der Waals surface area (Å²) in [5.41, 5.74) is 2.50. The molecule has 0 aromatic heterocycles. The maximum atomic E-state index is 4.03. The Morgan fingerprint density at radius 1 is 1.25 bits per heavy atom. The minimum Gasteiger partial charge on any atom is -0.385 e. The van der Waals surface area contributed by atoms with Crippen LogP contribution in [-0.2, 0) is 0 Å². The van der Waals surface area contributed by atoms with Gasteiger partial charge in [0.2, 0.25) is 0 Å². The first kappa shape index (κ1) is 11.3. The Balaban J connectivity index is 3.81. The van der Waals surface area contributed by atoms with Crippen LogP contribution >= 0.6 is 0 Å². The van der Waals surface area contributed by atoms with Crippen molar-refractivity contribution in [2.75, 3.05) is 6.54 Å². The molecule has 1 N–H and O–H groups in total. The van der Waals surface area contributed by atoms with Crippen molar-refractivity contribution in [3.05, 3.63) is 24.4 Å². The summed E-state index contributed by atoms with van der Waals surface area (Å²) in [5.74, 6) is 0. The molecule has 12 heavy (non-hydrogen) atoms. The molecule has 0 bridgehead atoms. The van der Waals surface area contributed by atoms with Crippen LogP contribution in [0.15, 0.2) is 24.4 Å². The number of hydrogen-bond donors (Lipinski definition) is 1. The summed E-state index contributed by atoms with van der Waals surface area (Å²) in [6, 6.07) is 0. The van der Waals surface area contributed by atoms with Crippen molar-refractivity contribution in [1.29, 1.82) is 0 Å². The average molecular weight is 167 g/mol. The lowest BCUT2D eigenvalue weighted by atomic mass is 9.87. The van der Waals surface area contributed by atoms with E-state index in [1.54, 1.807) is 0 Å². The molecule has 1 heteroatoms. The molecular formula is C11H21N. The number of hydrogen-bond acceptors (Lipinski definition) is 1. The highest BCUT2D eigenvalue weighted by Gasteiger charge is 2.13. The highest BCUT2D eigenvalue weighted by molar-refractivity contribution is 5.09. The zero-order valence-corrected chi connectivity index (χ0v) is 8.83. The molecule has 0 heterocycles. The Bertz CT molecular complexity index is 172. The normalized spacial score (nSPS) is 11.0. The van der Waals surface area contributed by atoms with Gasteiger partial charge in [-0.15, -0.1) is 0 Å². The lowest BCUT2D eigenvalue weighted by molar-refractivity contribution is 0.487. The first-order valence-corrected chi connectivity index (χ1v) is 4.47. The van der Waals surface area contributed by atoms with Crippen molar-refractivity contribution >= 4 is 0 Å². The Morgan fingerprint density at radius 2 is 1.75 bits per heavy atom. The zero-order chi connectivity index (χ0) is 9.78. The Labute approximate surface area is 76.6 Å². The summed E-state index contributed by atoms with van der Waals surface area (Å²) >= 11 is 0. The maximum absolute atomic E-state index is 4.03. The maximum Gasteiger partial charge on any atom is 0.0359 e. The van der Waals surface area contributed by atoms with Crippen LogP contribution in [0.1, 0.15) is 34.1 Å². The third-order valence-electron chi connectivity index (χ3n) is 2.04. The molecule has 0 atom stereocenters. The van der Waals surface area contributed by atoms with Gasteiger partial charge in [-0.3, -0.25) is 0 Å². The summed E-state index contributed by atoms with van der Waals surface area (Å²) in [7, 11) is 0. The lowest BCUT2D eigenvalue weighted by Crippen LogP contribution is -2.22. The van der Waals surface area contributed by atoms with Crippen LogP contribution in [-0.4, -0.2) is 6.54 Å². The van der Waals surface area contributed by atoms with Gasteiger partial charge < -0.3 is 5.32 Å². The van der Waals surface area contributed by atoms with E-state index in [0.29, 0.717) is 0 Å². The second-order valence-electron chi connectivity index (χ2n) is 4.16. The molecule has 0 saturated carbocycles. The van der Waals surface area contributed by atoms with Crippen molar-refractivity contribution in [3.8, 4) is 0 Å². The zero-order valence-electron chi connectivity index (χ0n) is 8.83. The third kappa shape index (κ3) is 4.22. The predicted molar refractivity (Wildman–Crippen MR) is 56.0 cm³/mol.